The molecule has 0 bridgehead atoms. The summed E-state index contributed by atoms with van der Waals surface area (Å²) < 4.78 is 45.3. The Labute approximate surface area is 107 Å². The molecule has 2 N–H and O–H groups in total. The molecule has 1 heterocycles. The van der Waals surface area contributed by atoms with Gasteiger partial charge in [-0.2, -0.15) is 0 Å². The highest BCUT2D eigenvalue weighted by molar-refractivity contribution is 5.87. The molecule has 1 rings (SSSR count). The van der Waals surface area contributed by atoms with E-state index in [0.717, 1.165) is 6.07 Å². The van der Waals surface area contributed by atoms with E-state index in [1.807, 2.05) is 0 Å². The van der Waals surface area contributed by atoms with Gasteiger partial charge in [-0.15, -0.1) is 13.2 Å². The van der Waals surface area contributed by atoms with Crippen molar-refractivity contribution >= 4 is 5.97 Å². The van der Waals surface area contributed by atoms with Crippen LogP contribution >= 0.6 is 0 Å². The topological polar surface area (TPSA) is 74.4 Å². The number of hydrogen-bond acceptors (Lipinski definition) is 5. The van der Waals surface area contributed by atoms with E-state index < -0.39 is 18.1 Å². The van der Waals surface area contributed by atoms with Crippen molar-refractivity contribution < 1.29 is 27.4 Å². The van der Waals surface area contributed by atoms with Crippen LogP contribution < -0.4 is 10.5 Å². The molecule has 0 atom stereocenters. The second-order valence-electron chi connectivity index (χ2n) is 3.55. The Kier molecular flexibility index (Phi) is 4.71. The Morgan fingerprint density at radius 2 is 2.11 bits per heavy atom. The first-order chi connectivity index (χ1) is 8.78. The van der Waals surface area contributed by atoms with Gasteiger partial charge in [0.2, 0.25) is 0 Å². The zero-order chi connectivity index (χ0) is 14.6. The van der Waals surface area contributed by atoms with Crippen LogP contribution in [0, 0.1) is 6.92 Å². The summed E-state index contributed by atoms with van der Waals surface area (Å²) in [5.41, 5.74) is 5.21. The first-order valence-corrected chi connectivity index (χ1v) is 5.42. The number of carbonyl (C=O) groups excluding carboxylic acids is 1. The highest BCUT2D eigenvalue weighted by atomic mass is 19.4. The summed E-state index contributed by atoms with van der Waals surface area (Å²) in [6.07, 6.45) is -4.85. The highest BCUT2D eigenvalue weighted by Gasteiger charge is 2.33. The van der Waals surface area contributed by atoms with Crippen molar-refractivity contribution in [1.82, 2.24) is 4.98 Å². The SMILES string of the molecule is CCOC(=O)c1cc(CN)c(OC(F)(F)F)c(C)n1. The van der Waals surface area contributed by atoms with Gasteiger partial charge in [0.1, 0.15) is 5.69 Å². The number of aryl methyl sites for hydroxylation is 1. The lowest BCUT2D eigenvalue weighted by atomic mass is 10.1. The van der Waals surface area contributed by atoms with Crippen molar-refractivity contribution in [2.75, 3.05) is 6.61 Å². The second-order valence-corrected chi connectivity index (χ2v) is 3.55. The monoisotopic (exact) mass is 278 g/mol. The van der Waals surface area contributed by atoms with Crippen LogP contribution in [0.1, 0.15) is 28.7 Å². The van der Waals surface area contributed by atoms with Crippen LogP contribution in [-0.2, 0) is 11.3 Å². The molecule has 1 aromatic heterocycles. The van der Waals surface area contributed by atoms with E-state index in [2.05, 4.69) is 9.72 Å². The summed E-state index contributed by atoms with van der Waals surface area (Å²) in [4.78, 5) is 15.2. The van der Waals surface area contributed by atoms with Crippen LogP contribution in [0.3, 0.4) is 0 Å². The van der Waals surface area contributed by atoms with Crippen molar-refractivity contribution in [3.63, 3.8) is 0 Å². The fourth-order valence-corrected chi connectivity index (χ4v) is 1.44. The Balaban J connectivity index is 3.18. The summed E-state index contributed by atoms with van der Waals surface area (Å²) >= 11 is 0. The van der Waals surface area contributed by atoms with E-state index in [-0.39, 0.29) is 30.1 Å². The summed E-state index contributed by atoms with van der Waals surface area (Å²) in [5.74, 6) is -1.21. The van der Waals surface area contributed by atoms with Gasteiger partial charge in [0.25, 0.3) is 0 Å². The molecule has 1 aromatic rings. The molecule has 106 valence electrons. The fourth-order valence-electron chi connectivity index (χ4n) is 1.44. The normalized spacial score (nSPS) is 11.3. The number of aromatic nitrogens is 1. The van der Waals surface area contributed by atoms with Gasteiger partial charge in [0.05, 0.1) is 12.3 Å². The van der Waals surface area contributed by atoms with Gasteiger partial charge in [0.15, 0.2) is 5.75 Å². The number of hydrogen-bond donors (Lipinski definition) is 1. The average molecular weight is 278 g/mol. The molecule has 8 heteroatoms. The number of halogens is 3. The molecule has 0 aliphatic heterocycles. The van der Waals surface area contributed by atoms with Crippen LogP contribution in [-0.4, -0.2) is 23.9 Å². The molecule has 0 saturated heterocycles. The Hall–Kier alpha value is -1.83. The molecular weight excluding hydrogens is 265 g/mol. The molecule has 0 aliphatic carbocycles. The van der Waals surface area contributed by atoms with E-state index in [9.17, 15) is 18.0 Å². The lowest BCUT2D eigenvalue weighted by Gasteiger charge is -2.15. The lowest BCUT2D eigenvalue weighted by molar-refractivity contribution is -0.275. The maximum Gasteiger partial charge on any atom is 0.573 e. The zero-order valence-corrected chi connectivity index (χ0v) is 10.4. The van der Waals surface area contributed by atoms with Crippen LogP contribution in [0.2, 0.25) is 0 Å². The number of alkyl halides is 3. The molecule has 5 nitrogen and oxygen atoms in total. The van der Waals surface area contributed by atoms with Gasteiger partial charge < -0.3 is 15.2 Å². The maximum atomic E-state index is 12.2. The molecule has 0 unspecified atom stereocenters. The van der Waals surface area contributed by atoms with Gasteiger partial charge in [0, 0.05) is 12.1 Å². The molecule has 0 saturated carbocycles. The zero-order valence-electron chi connectivity index (χ0n) is 10.4. The van der Waals surface area contributed by atoms with Gasteiger partial charge in [-0.25, -0.2) is 9.78 Å². The van der Waals surface area contributed by atoms with E-state index in [1.54, 1.807) is 6.92 Å². The minimum atomic E-state index is -4.85. The van der Waals surface area contributed by atoms with E-state index in [4.69, 9.17) is 10.5 Å². The van der Waals surface area contributed by atoms with Gasteiger partial charge in [-0.3, -0.25) is 0 Å². The van der Waals surface area contributed by atoms with Gasteiger partial charge in [-0.1, -0.05) is 0 Å². The van der Waals surface area contributed by atoms with Crippen LogP contribution in [0.4, 0.5) is 13.2 Å². The maximum absolute atomic E-state index is 12.2. The Morgan fingerprint density at radius 3 is 2.58 bits per heavy atom. The third-order valence-electron chi connectivity index (χ3n) is 2.14. The van der Waals surface area contributed by atoms with Crippen molar-refractivity contribution in [2.24, 2.45) is 5.73 Å². The number of nitrogens with two attached hydrogens (primary N) is 1. The Bertz CT molecular complexity index is 475. The third kappa shape index (κ3) is 4.09. The van der Waals surface area contributed by atoms with Crippen molar-refractivity contribution in [3.05, 3.63) is 23.0 Å². The predicted molar refractivity (Wildman–Crippen MR) is 59.5 cm³/mol. The van der Waals surface area contributed by atoms with Crippen LogP contribution in [0.15, 0.2) is 6.07 Å². The lowest BCUT2D eigenvalue weighted by Crippen LogP contribution is -2.21. The predicted octanol–water partition coefficient (Wildman–Crippen LogP) is 1.92. The standard InChI is InChI=1S/C11H13F3N2O3/c1-3-18-10(17)8-4-7(5-15)9(6(2)16-8)19-11(12,13)14/h4H,3,5,15H2,1-2H3. The number of ether oxygens (including phenoxy) is 2. The van der Waals surface area contributed by atoms with Gasteiger partial charge >= 0.3 is 12.3 Å². The molecule has 19 heavy (non-hydrogen) atoms. The Morgan fingerprint density at radius 1 is 1.47 bits per heavy atom. The smallest absolute Gasteiger partial charge is 0.461 e. The molecular formula is C11H13F3N2O3. The van der Waals surface area contributed by atoms with Crippen LogP contribution in [0.25, 0.3) is 0 Å². The highest BCUT2D eigenvalue weighted by Crippen LogP contribution is 2.29. The first kappa shape index (κ1) is 15.2. The average Bonchev–Trinajstić information content (AvgIpc) is 2.30. The minimum absolute atomic E-state index is 0.0351. The summed E-state index contributed by atoms with van der Waals surface area (Å²) in [6, 6.07) is 1.13. The van der Waals surface area contributed by atoms with E-state index >= 15 is 0 Å². The summed E-state index contributed by atoms with van der Waals surface area (Å²) in [5, 5.41) is 0. The number of nitrogens with zero attached hydrogens (tertiary/aromatic N) is 1. The third-order valence-corrected chi connectivity index (χ3v) is 2.14. The number of rotatable bonds is 4. The van der Waals surface area contributed by atoms with E-state index in [0.29, 0.717) is 0 Å². The minimum Gasteiger partial charge on any atom is -0.461 e. The molecule has 0 amide bonds. The molecule has 0 spiro atoms. The summed E-state index contributed by atoms with van der Waals surface area (Å²) in [6.45, 7) is 2.82. The number of pyridine rings is 1. The first-order valence-electron chi connectivity index (χ1n) is 5.42. The fraction of sp³-hybridized carbons (Fsp3) is 0.455. The molecule has 0 aromatic carbocycles. The van der Waals surface area contributed by atoms with Crippen molar-refractivity contribution in [2.45, 2.75) is 26.8 Å². The molecule has 0 fully saturated rings. The van der Waals surface area contributed by atoms with E-state index in [1.165, 1.54) is 6.92 Å². The van der Waals surface area contributed by atoms with Gasteiger partial charge in [-0.05, 0) is 19.9 Å². The quantitative estimate of drug-likeness (QED) is 0.852. The van der Waals surface area contributed by atoms with Crippen molar-refractivity contribution in [3.8, 4) is 5.75 Å². The number of esters is 1. The van der Waals surface area contributed by atoms with Crippen LogP contribution in [0.5, 0.6) is 5.75 Å². The molecule has 0 aliphatic rings. The molecule has 0 radical (unpaired) electrons. The largest absolute Gasteiger partial charge is 0.573 e. The second kappa shape index (κ2) is 5.87. The summed E-state index contributed by atoms with van der Waals surface area (Å²) in [7, 11) is 0. The number of carbonyl (C=O) groups is 1. The van der Waals surface area contributed by atoms with Crippen molar-refractivity contribution in [1.29, 1.82) is 0 Å².